The van der Waals surface area contributed by atoms with Crippen molar-refractivity contribution in [3.05, 3.63) is 69.7 Å². The first-order valence-electron chi connectivity index (χ1n) is 7.15. The van der Waals surface area contributed by atoms with E-state index in [0.717, 1.165) is 0 Å². The summed E-state index contributed by atoms with van der Waals surface area (Å²) >= 11 is 11.3. The first kappa shape index (κ1) is 24.5. The van der Waals surface area contributed by atoms with E-state index < -0.39 is 23.8 Å². The molecule has 2 aromatic rings. The van der Waals surface area contributed by atoms with Crippen molar-refractivity contribution in [3.8, 4) is 0 Å². The molecule has 0 aliphatic heterocycles. The van der Waals surface area contributed by atoms with Crippen LogP contribution in [0.5, 0.6) is 0 Å². The van der Waals surface area contributed by atoms with E-state index >= 15 is 0 Å². The summed E-state index contributed by atoms with van der Waals surface area (Å²) < 4.78 is 0. The second-order valence-electron chi connectivity index (χ2n) is 5.18. The van der Waals surface area contributed by atoms with Gasteiger partial charge in [0.25, 0.3) is 0 Å². The minimum absolute atomic E-state index is 0. The molecule has 2 unspecified atom stereocenters. The number of carboxylic acids is 2. The van der Waals surface area contributed by atoms with Crippen LogP contribution in [0.2, 0.25) is 10.0 Å². The molecule has 0 saturated carbocycles. The van der Waals surface area contributed by atoms with Crippen LogP contribution < -0.4 is 10.2 Å². The summed E-state index contributed by atoms with van der Waals surface area (Å²) in [6, 6.07) is 13.4. The number of hydrogen-bond donors (Lipinski definition) is 0. The van der Waals surface area contributed by atoms with Crippen molar-refractivity contribution < 1.29 is 19.8 Å². The van der Waals surface area contributed by atoms with Gasteiger partial charge < -0.3 is 19.8 Å². The molecule has 2 aromatic carbocycles. The van der Waals surface area contributed by atoms with Crippen LogP contribution in [0.4, 0.5) is 0 Å². The molecule has 0 N–H and O–H groups in total. The zero-order valence-corrected chi connectivity index (χ0v) is 19.8. The van der Waals surface area contributed by atoms with Crippen molar-refractivity contribution in [2.24, 2.45) is 0 Å². The molecule has 0 heterocycles. The quantitative estimate of drug-likeness (QED) is 0.597. The number of hydrogen-bond acceptors (Lipinski definition) is 4. The average Bonchev–Trinajstić information content (AvgIpc) is 2.55. The van der Waals surface area contributed by atoms with Gasteiger partial charge in [-0.25, -0.2) is 0 Å². The molecule has 0 bridgehead atoms. The van der Waals surface area contributed by atoms with Crippen molar-refractivity contribution in [2.45, 2.75) is 25.7 Å². The maximum atomic E-state index is 10.4. The van der Waals surface area contributed by atoms with E-state index in [4.69, 9.17) is 23.2 Å². The number of halogens is 2. The second-order valence-corrected chi connectivity index (χ2v) is 6.06. The van der Waals surface area contributed by atoms with Crippen molar-refractivity contribution in [3.63, 3.8) is 0 Å². The Kier molecular flexibility index (Phi) is 11.8. The van der Waals surface area contributed by atoms with Gasteiger partial charge in [-0.1, -0.05) is 61.3 Å². The second kappa shape index (κ2) is 12.0. The number of aliphatic carboxylic acids is 2. The molecule has 0 aromatic heterocycles. The van der Waals surface area contributed by atoms with Crippen LogP contribution >= 0.6 is 23.2 Å². The molecule has 2 atom stereocenters. The third-order valence-electron chi connectivity index (χ3n) is 3.45. The van der Waals surface area contributed by atoms with Gasteiger partial charge in [0.05, 0.1) is 0 Å². The first-order valence-corrected chi connectivity index (χ1v) is 7.90. The molecule has 7 heteroatoms. The van der Waals surface area contributed by atoms with E-state index in [1.165, 1.54) is 0 Å². The summed E-state index contributed by atoms with van der Waals surface area (Å²) in [5.41, 5.74) is 1.42. The Balaban J connectivity index is 0.000000443. The maximum Gasteiger partial charge on any atom is 2.00 e. The summed E-state index contributed by atoms with van der Waals surface area (Å²) in [5, 5.41) is 22.1. The van der Waals surface area contributed by atoms with Gasteiger partial charge in [-0.3, -0.25) is 0 Å². The molecule has 0 saturated heterocycles. The Morgan fingerprint density at radius 3 is 1.16 bits per heavy atom. The van der Waals surface area contributed by atoms with Crippen LogP contribution in [-0.2, 0) is 9.59 Å². The van der Waals surface area contributed by atoms with Crippen LogP contribution in [0.3, 0.4) is 0 Å². The van der Waals surface area contributed by atoms with Crippen LogP contribution in [0.25, 0.3) is 0 Å². The summed E-state index contributed by atoms with van der Waals surface area (Å²) in [7, 11) is 0. The molecule has 0 aliphatic rings. The predicted octanol–water partition coefficient (Wildman–Crippen LogP) is 2.01. The average molecular weight is 505 g/mol. The largest absolute Gasteiger partial charge is 2.00 e. The van der Waals surface area contributed by atoms with Crippen molar-refractivity contribution in [1.29, 1.82) is 0 Å². The van der Waals surface area contributed by atoms with Gasteiger partial charge in [-0.15, -0.1) is 0 Å². The standard InChI is InChI=1S/2C9H9ClO2.Ba/c2*1-6(9(11)12)7-2-4-8(10)5-3-7;/h2*2-6H,1H3,(H,11,12);/q;;+2/p-2. The van der Waals surface area contributed by atoms with Crippen LogP contribution in [0, 0.1) is 0 Å². The Labute approximate surface area is 197 Å². The Hall–Kier alpha value is -0.469. The summed E-state index contributed by atoms with van der Waals surface area (Å²) in [4.78, 5) is 20.9. The molecular formula is C18H16BaCl2O4. The van der Waals surface area contributed by atoms with Gasteiger partial charge in [0.1, 0.15) is 0 Å². The van der Waals surface area contributed by atoms with E-state index in [1.54, 1.807) is 62.4 Å². The van der Waals surface area contributed by atoms with Gasteiger partial charge in [0.15, 0.2) is 0 Å². The van der Waals surface area contributed by atoms with Gasteiger partial charge >= 0.3 is 48.9 Å². The van der Waals surface area contributed by atoms with E-state index in [9.17, 15) is 19.8 Å². The molecule has 0 spiro atoms. The predicted molar refractivity (Wildman–Crippen MR) is 95.5 cm³/mol. The number of carboxylic acid groups (broad SMARTS) is 2. The molecular weight excluding hydrogens is 488 g/mol. The Morgan fingerprint density at radius 2 is 0.960 bits per heavy atom. The van der Waals surface area contributed by atoms with E-state index in [-0.39, 0.29) is 48.9 Å². The Morgan fingerprint density at radius 1 is 0.720 bits per heavy atom. The zero-order chi connectivity index (χ0) is 18.3. The molecule has 0 aliphatic carbocycles. The topological polar surface area (TPSA) is 80.3 Å². The number of carbonyl (C=O) groups is 2. The maximum absolute atomic E-state index is 10.4. The van der Waals surface area contributed by atoms with Gasteiger partial charge in [0, 0.05) is 33.8 Å². The van der Waals surface area contributed by atoms with E-state index in [1.807, 2.05) is 0 Å². The fraction of sp³-hybridized carbons (Fsp3) is 0.222. The zero-order valence-electron chi connectivity index (χ0n) is 13.9. The number of rotatable bonds is 4. The van der Waals surface area contributed by atoms with Crippen LogP contribution in [0.15, 0.2) is 48.5 Å². The van der Waals surface area contributed by atoms with Crippen molar-refractivity contribution in [2.75, 3.05) is 0 Å². The first-order chi connectivity index (χ1) is 11.2. The third-order valence-corrected chi connectivity index (χ3v) is 3.95. The molecule has 0 amide bonds. The molecule has 0 fully saturated rings. The minimum Gasteiger partial charge on any atom is -0.550 e. The molecule has 128 valence electrons. The van der Waals surface area contributed by atoms with Crippen molar-refractivity contribution in [1.82, 2.24) is 0 Å². The summed E-state index contributed by atoms with van der Waals surface area (Å²) in [6.45, 7) is 3.16. The molecule has 0 radical (unpaired) electrons. The van der Waals surface area contributed by atoms with Gasteiger partial charge in [0.2, 0.25) is 0 Å². The summed E-state index contributed by atoms with van der Waals surface area (Å²) in [6.07, 6.45) is 0. The summed E-state index contributed by atoms with van der Waals surface area (Å²) in [5.74, 6) is -3.31. The number of carbonyl (C=O) groups excluding carboxylic acids is 2. The van der Waals surface area contributed by atoms with Gasteiger partial charge in [-0.2, -0.15) is 0 Å². The van der Waals surface area contributed by atoms with E-state index in [0.29, 0.717) is 21.2 Å². The minimum atomic E-state index is -1.07. The smallest absolute Gasteiger partial charge is 0.550 e. The molecule has 4 nitrogen and oxygen atoms in total. The molecule has 2 rings (SSSR count). The van der Waals surface area contributed by atoms with Crippen LogP contribution in [0.1, 0.15) is 36.8 Å². The monoisotopic (exact) mass is 504 g/mol. The van der Waals surface area contributed by atoms with Crippen LogP contribution in [-0.4, -0.2) is 60.8 Å². The fourth-order valence-corrected chi connectivity index (χ4v) is 2.03. The Bertz CT molecular complexity index is 626. The molecule has 25 heavy (non-hydrogen) atoms. The number of benzene rings is 2. The van der Waals surface area contributed by atoms with E-state index in [2.05, 4.69) is 0 Å². The SMILES string of the molecule is CC(C(=O)[O-])c1ccc(Cl)cc1.CC(C(=O)[O-])c1ccc(Cl)cc1.[Ba+2]. The van der Waals surface area contributed by atoms with Crippen molar-refractivity contribution >= 4 is 84.0 Å². The fourth-order valence-electron chi connectivity index (χ4n) is 1.78. The normalized spacial score (nSPS) is 12.0. The van der Waals surface area contributed by atoms with Gasteiger partial charge in [-0.05, 0) is 35.4 Å². The third kappa shape index (κ3) is 8.64.